The van der Waals surface area contributed by atoms with Crippen LogP contribution in [0.15, 0.2) is 0 Å². The second-order valence-corrected chi connectivity index (χ2v) is 2.12. The number of alkyl halides is 2. The molecular formula is C8H10BrClO2. The third-order valence-corrected chi connectivity index (χ3v) is 0.956. The van der Waals surface area contributed by atoms with Crippen molar-refractivity contribution in [3.05, 3.63) is 0 Å². The SMILES string of the molecule is OCC#CCBr.OCC#CCCl. The minimum atomic E-state index is -0.0906. The smallest absolute Gasteiger partial charge is 0.104 e. The van der Waals surface area contributed by atoms with E-state index in [1.165, 1.54) is 0 Å². The van der Waals surface area contributed by atoms with Crippen LogP contribution in [0.4, 0.5) is 0 Å². The van der Waals surface area contributed by atoms with E-state index in [2.05, 4.69) is 39.6 Å². The lowest BCUT2D eigenvalue weighted by molar-refractivity contribution is 0.350. The Kier molecular flexibility index (Phi) is 20.4. The number of hydrogen-bond acceptors (Lipinski definition) is 2. The van der Waals surface area contributed by atoms with Crippen LogP contribution in [-0.4, -0.2) is 34.6 Å². The van der Waals surface area contributed by atoms with Gasteiger partial charge in [0, 0.05) is 0 Å². The van der Waals surface area contributed by atoms with Crippen LogP contribution in [0.25, 0.3) is 0 Å². The molecule has 0 aliphatic heterocycles. The van der Waals surface area contributed by atoms with Crippen LogP contribution in [0.1, 0.15) is 0 Å². The second kappa shape index (κ2) is 17.1. The molecule has 0 aliphatic carbocycles. The lowest BCUT2D eigenvalue weighted by Gasteiger charge is -1.65. The maximum absolute atomic E-state index is 8.00. The van der Waals surface area contributed by atoms with E-state index < -0.39 is 0 Å². The maximum Gasteiger partial charge on any atom is 0.104 e. The molecule has 0 saturated heterocycles. The van der Waals surface area contributed by atoms with Crippen molar-refractivity contribution in [3.8, 4) is 23.7 Å². The number of aliphatic hydroxyl groups is 2. The summed E-state index contributed by atoms with van der Waals surface area (Å²) in [5.74, 6) is 10.2. The molecule has 2 N–H and O–H groups in total. The van der Waals surface area contributed by atoms with E-state index in [9.17, 15) is 0 Å². The number of aliphatic hydroxyl groups excluding tert-OH is 2. The highest BCUT2D eigenvalue weighted by molar-refractivity contribution is 9.09. The van der Waals surface area contributed by atoms with Gasteiger partial charge in [-0.25, -0.2) is 0 Å². The zero-order valence-corrected chi connectivity index (χ0v) is 8.82. The van der Waals surface area contributed by atoms with Gasteiger partial charge in [-0.1, -0.05) is 39.6 Å². The van der Waals surface area contributed by atoms with Crippen molar-refractivity contribution in [1.29, 1.82) is 0 Å². The van der Waals surface area contributed by atoms with Crippen LogP contribution in [0, 0.1) is 23.7 Å². The second-order valence-electron chi connectivity index (χ2n) is 1.29. The van der Waals surface area contributed by atoms with Crippen molar-refractivity contribution in [3.63, 3.8) is 0 Å². The van der Waals surface area contributed by atoms with Crippen LogP contribution >= 0.6 is 27.5 Å². The molecule has 0 aromatic rings. The van der Waals surface area contributed by atoms with E-state index in [-0.39, 0.29) is 13.2 Å². The van der Waals surface area contributed by atoms with E-state index in [0.717, 1.165) is 0 Å². The van der Waals surface area contributed by atoms with Gasteiger partial charge in [0.15, 0.2) is 0 Å². The number of hydrogen-bond donors (Lipinski definition) is 2. The molecule has 0 bridgehead atoms. The third kappa shape index (κ3) is 22.6. The van der Waals surface area contributed by atoms with Gasteiger partial charge in [0.1, 0.15) is 13.2 Å². The van der Waals surface area contributed by atoms with Gasteiger partial charge in [-0.2, -0.15) is 0 Å². The number of halogens is 2. The fourth-order valence-electron chi connectivity index (χ4n) is 0.206. The average molecular weight is 254 g/mol. The number of rotatable bonds is 0. The van der Waals surface area contributed by atoms with Crippen molar-refractivity contribution in [2.24, 2.45) is 0 Å². The summed E-state index contributed by atoms with van der Waals surface area (Å²) in [6, 6.07) is 0. The molecule has 68 valence electrons. The summed E-state index contributed by atoms with van der Waals surface area (Å²) in [5, 5.41) is 16.6. The minimum Gasteiger partial charge on any atom is -0.384 e. The Morgan fingerprint density at radius 3 is 1.67 bits per heavy atom. The third-order valence-electron chi connectivity index (χ3n) is 0.542. The quantitative estimate of drug-likeness (QED) is 0.490. The highest BCUT2D eigenvalue weighted by Gasteiger charge is 1.58. The van der Waals surface area contributed by atoms with E-state index in [0.29, 0.717) is 11.2 Å². The monoisotopic (exact) mass is 252 g/mol. The van der Waals surface area contributed by atoms with Crippen LogP contribution in [0.5, 0.6) is 0 Å². The summed E-state index contributed by atoms with van der Waals surface area (Å²) >= 11 is 8.16. The molecule has 0 unspecified atom stereocenters. The zero-order chi connectivity index (χ0) is 9.66. The molecule has 0 rings (SSSR count). The first kappa shape index (κ1) is 14.3. The highest BCUT2D eigenvalue weighted by Crippen LogP contribution is 1.70. The summed E-state index contributed by atoms with van der Waals surface area (Å²) in [4.78, 5) is 0. The van der Waals surface area contributed by atoms with Gasteiger partial charge < -0.3 is 10.2 Å². The molecule has 0 radical (unpaired) electrons. The fourth-order valence-corrected chi connectivity index (χ4v) is 0.499. The van der Waals surface area contributed by atoms with Crippen LogP contribution < -0.4 is 0 Å². The fraction of sp³-hybridized carbons (Fsp3) is 0.500. The Balaban J connectivity index is 0. The van der Waals surface area contributed by atoms with Crippen molar-refractivity contribution < 1.29 is 10.2 Å². The topological polar surface area (TPSA) is 40.5 Å². The van der Waals surface area contributed by atoms with Crippen LogP contribution in [-0.2, 0) is 0 Å². The van der Waals surface area contributed by atoms with Crippen molar-refractivity contribution in [2.75, 3.05) is 24.4 Å². The van der Waals surface area contributed by atoms with Gasteiger partial charge in [0.25, 0.3) is 0 Å². The molecule has 0 aliphatic rings. The van der Waals surface area contributed by atoms with Gasteiger partial charge in [0.05, 0.1) is 11.2 Å². The Bertz CT molecular complexity index is 147. The van der Waals surface area contributed by atoms with Crippen LogP contribution in [0.2, 0.25) is 0 Å². The zero-order valence-electron chi connectivity index (χ0n) is 6.48. The van der Waals surface area contributed by atoms with E-state index >= 15 is 0 Å². The van der Waals surface area contributed by atoms with Crippen molar-refractivity contribution in [1.82, 2.24) is 0 Å². The maximum atomic E-state index is 8.00. The predicted octanol–water partition coefficient (Wildman–Crippen LogP) is 0.598. The molecule has 0 aromatic heterocycles. The standard InChI is InChI=1S/C4H5BrO.C4H5ClO/c2*5-3-1-2-4-6/h2*6H,3-4H2. The largest absolute Gasteiger partial charge is 0.384 e. The Morgan fingerprint density at radius 1 is 1.00 bits per heavy atom. The molecule has 0 fully saturated rings. The van der Waals surface area contributed by atoms with E-state index in [4.69, 9.17) is 21.8 Å². The highest BCUT2D eigenvalue weighted by atomic mass is 79.9. The molecule has 0 aromatic carbocycles. The molecular weight excluding hydrogens is 243 g/mol. The molecule has 0 spiro atoms. The molecule has 4 heteroatoms. The van der Waals surface area contributed by atoms with E-state index in [1.807, 2.05) is 0 Å². The summed E-state index contributed by atoms with van der Waals surface area (Å²) in [7, 11) is 0. The molecule has 0 saturated carbocycles. The Morgan fingerprint density at radius 2 is 1.50 bits per heavy atom. The molecule has 0 atom stereocenters. The summed E-state index contributed by atoms with van der Waals surface area (Å²) in [6.07, 6.45) is 0. The molecule has 12 heavy (non-hydrogen) atoms. The average Bonchev–Trinajstić information content (AvgIpc) is 2.12. The molecule has 0 heterocycles. The van der Waals surface area contributed by atoms with Gasteiger partial charge in [-0.05, 0) is 0 Å². The van der Waals surface area contributed by atoms with Crippen LogP contribution in [0.3, 0.4) is 0 Å². The summed E-state index contributed by atoms with van der Waals surface area (Å²) in [5.41, 5.74) is 0. The molecule has 0 amide bonds. The van der Waals surface area contributed by atoms with Gasteiger partial charge in [-0.15, -0.1) is 11.6 Å². The van der Waals surface area contributed by atoms with Crippen molar-refractivity contribution >= 4 is 27.5 Å². The first-order valence-corrected chi connectivity index (χ1v) is 4.74. The van der Waals surface area contributed by atoms with Crippen molar-refractivity contribution in [2.45, 2.75) is 0 Å². The predicted molar refractivity (Wildman–Crippen MR) is 54.2 cm³/mol. The first-order chi connectivity index (χ1) is 5.83. The van der Waals surface area contributed by atoms with Gasteiger partial charge >= 0.3 is 0 Å². The normalized spacial score (nSPS) is 6.33. The Labute approximate surface area is 86.1 Å². The Hall–Kier alpha value is -0.190. The molecule has 2 nitrogen and oxygen atoms in total. The summed E-state index contributed by atoms with van der Waals surface area (Å²) < 4.78 is 0. The van der Waals surface area contributed by atoms with Gasteiger partial charge in [0.2, 0.25) is 0 Å². The lowest BCUT2D eigenvalue weighted by Crippen LogP contribution is -1.70. The van der Waals surface area contributed by atoms with Gasteiger partial charge in [-0.3, -0.25) is 0 Å². The first-order valence-electron chi connectivity index (χ1n) is 3.08. The minimum absolute atomic E-state index is 0.0361. The van der Waals surface area contributed by atoms with E-state index in [1.54, 1.807) is 0 Å². The lowest BCUT2D eigenvalue weighted by atomic mass is 10.6. The summed E-state index contributed by atoms with van der Waals surface area (Å²) in [6.45, 7) is -0.127.